The van der Waals surface area contributed by atoms with Crippen LogP contribution in [0.25, 0.3) is 0 Å². The monoisotopic (exact) mass is 290 g/mol. The summed E-state index contributed by atoms with van der Waals surface area (Å²) < 4.78 is 0. The van der Waals surface area contributed by atoms with E-state index in [4.69, 9.17) is 10.7 Å². The van der Waals surface area contributed by atoms with Crippen molar-refractivity contribution in [2.75, 3.05) is 11.9 Å². The predicted octanol–water partition coefficient (Wildman–Crippen LogP) is 2.89. The fourth-order valence-corrected chi connectivity index (χ4v) is 2.93. The molecule has 0 aliphatic heterocycles. The maximum absolute atomic E-state index is 5.79. The van der Waals surface area contributed by atoms with Gasteiger partial charge in [-0.05, 0) is 31.0 Å². The molecule has 0 saturated heterocycles. The molecule has 2 aromatic heterocycles. The topological polar surface area (TPSA) is 55.0 Å². The third-order valence-electron chi connectivity index (χ3n) is 3.28. The molecule has 0 radical (unpaired) electrons. The quantitative estimate of drug-likeness (QED) is 0.889. The van der Waals surface area contributed by atoms with Crippen LogP contribution < -0.4 is 10.6 Å². The van der Waals surface area contributed by atoms with Crippen LogP contribution in [0.3, 0.4) is 0 Å². The van der Waals surface area contributed by atoms with Crippen LogP contribution in [0.2, 0.25) is 0 Å². The van der Waals surface area contributed by atoms with Gasteiger partial charge in [0.2, 0.25) is 0 Å². The zero-order valence-electron chi connectivity index (χ0n) is 12.4. The van der Waals surface area contributed by atoms with Gasteiger partial charge in [0.15, 0.2) is 0 Å². The lowest BCUT2D eigenvalue weighted by molar-refractivity contribution is 0.843. The Hall–Kier alpha value is -1.46. The van der Waals surface area contributed by atoms with E-state index in [1.165, 1.54) is 4.88 Å². The van der Waals surface area contributed by atoms with E-state index in [2.05, 4.69) is 36.0 Å². The molecule has 0 unspecified atom stereocenters. The summed E-state index contributed by atoms with van der Waals surface area (Å²) in [6.07, 6.45) is 2.09. The highest BCUT2D eigenvalue weighted by Gasteiger charge is 2.10. The molecule has 108 valence electrons. The molecule has 0 bridgehead atoms. The van der Waals surface area contributed by atoms with Gasteiger partial charge in [-0.3, -0.25) is 0 Å². The number of nitrogens with two attached hydrogens (primary N) is 1. The molecule has 4 nitrogen and oxygen atoms in total. The van der Waals surface area contributed by atoms with Gasteiger partial charge < -0.3 is 10.6 Å². The zero-order valence-corrected chi connectivity index (χ0v) is 13.2. The van der Waals surface area contributed by atoms with Crippen LogP contribution in [0.1, 0.15) is 35.2 Å². The molecule has 2 heterocycles. The Bertz CT molecular complexity index is 565. The minimum atomic E-state index is 0.555. The van der Waals surface area contributed by atoms with E-state index < -0.39 is 0 Å². The van der Waals surface area contributed by atoms with Crippen LogP contribution in [0.4, 0.5) is 5.82 Å². The molecule has 2 aromatic rings. The Morgan fingerprint density at radius 2 is 2.15 bits per heavy atom. The Labute approximate surface area is 124 Å². The van der Waals surface area contributed by atoms with E-state index >= 15 is 0 Å². The van der Waals surface area contributed by atoms with E-state index in [-0.39, 0.29) is 0 Å². The Balaban J connectivity index is 2.22. The van der Waals surface area contributed by atoms with Crippen molar-refractivity contribution < 1.29 is 0 Å². The molecule has 0 spiro atoms. The highest BCUT2D eigenvalue weighted by atomic mass is 32.1. The summed E-state index contributed by atoms with van der Waals surface area (Å²) in [5.74, 6) is 0.990. The summed E-state index contributed by atoms with van der Waals surface area (Å²) in [6.45, 7) is 5.61. The molecule has 5 heteroatoms. The molecular weight excluding hydrogens is 268 g/mol. The van der Waals surface area contributed by atoms with Crippen LogP contribution >= 0.6 is 11.3 Å². The summed E-state index contributed by atoms with van der Waals surface area (Å²) in [7, 11) is 2.07. The Morgan fingerprint density at radius 1 is 1.35 bits per heavy atom. The van der Waals surface area contributed by atoms with Gasteiger partial charge in [-0.25, -0.2) is 9.97 Å². The third-order valence-corrected chi connectivity index (χ3v) is 4.20. The minimum absolute atomic E-state index is 0.555. The lowest BCUT2D eigenvalue weighted by atomic mass is 10.1. The number of thiazole rings is 1. The van der Waals surface area contributed by atoms with Gasteiger partial charge in [0.1, 0.15) is 5.82 Å². The van der Waals surface area contributed by atoms with Crippen molar-refractivity contribution in [1.82, 2.24) is 9.97 Å². The number of rotatable bonds is 6. The van der Waals surface area contributed by atoms with Crippen molar-refractivity contribution >= 4 is 17.2 Å². The largest absolute Gasteiger partial charge is 0.354 e. The molecule has 20 heavy (non-hydrogen) atoms. The van der Waals surface area contributed by atoms with Crippen molar-refractivity contribution in [2.45, 2.75) is 39.8 Å². The molecular formula is C15H22N4S. The lowest BCUT2D eigenvalue weighted by Crippen LogP contribution is -2.18. The summed E-state index contributed by atoms with van der Waals surface area (Å²) in [5.41, 5.74) is 11.1. The standard InChI is InChI=1S/C15H22N4S/c1-4-5-13-6-12(8-16)7-15(18-13)19(3)9-14-11(2)17-10-20-14/h6-7,10H,4-5,8-9,16H2,1-3H3. The fraction of sp³-hybridized carbons (Fsp3) is 0.467. The highest BCUT2D eigenvalue weighted by Crippen LogP contribution is 2.20. The molecule has 0 fully saturated rings. The molecule has 2 rings (SSSR count). The van der Waals surface area contributed by atoms with Crippen LogP contribution in [0, 0.1) is 6.92 Å². The second kappa shape index (κ2) is 6.81. The van der Waals surface area contributed by atoms with Crippen LogP contribution in [-0.2, 0) is 19.5 Å². The first-order valence-electron chi connectivity index (χ1n) is 6.94. The number of aryl methyl sites for hydroxylation is 2. The number of anilines is 1. The van der Waals surface area contributed by atoms with Crippen molar-refractivity contribution in [3.8, 4) is 0 Å². The van der Waals surface area contributed by atoms with Gasteiger partial charge >= 0.3 is 0 Å². The number of hydrogen-bond donors (Lipinski definition) is 1. The van der Waals surface area contributed by atoms with Gasteiger partial charge in [0.05, 0.1) is 17.7 Å². The van der Waals surface area contributed by atoms with Gasteiger partial charge in [0, 0.05) is 24.2 Å². The molecule has 0 saturated carbocycles. The normalized spacial score (nSPS) is 10.8. The highest BCUT2D eigenvalue weighted by molar-refractivity contribution is 7.09. The molecule has 0 atom stereocenters. The van der Waals surface area contributed by atoms with E-state index in [0.29, 0.717) is 6.54 Å². The number of aromatic nitrogens is 2. The average Bonchev–Trinajstić information content (AvgIpc) is 2.84. The second-order valence-corrected chi connectivity index (χ2v) is 5.94. The fourth-order valence-electron chi connectivity index (χ4n) is 2.11. The van der Waals surface area contributed by atoms with Crippen LogP contribution in [-0.4, -0.2) is 17.0 Å². The summed E-state index contributed by atoms with van der Waals surface area (Å²) >= 11 is 1.69. The van der Waals surface area contributed by atoms with E-state index in [0.717, 1.165) is 42.2 Å². The molecule has 0 aromatic carbocycles. The van der Waals surface area contributed by atoms with E-state index in [9.17, 15) is 0 Å². The maximum Gasteiger partial charge on any atom is 0.129 e. The van der Waals surface area contributed by atoms with Crippen LogP contribution in [0.5, 0.6) is 0 Å². The summed E-state index contributed by atoms with van der Waals surface area (Å²) in [4.78, 5) is 12.5. The van der Waals surface area contributed by atoms with Crippen molar-refractivity contribution in [1.29, 1.82) is 0 Å². The maximum atomic E-state index is 5.79. The number of hydrogen-bond acceptors (Lipinski definition) is 5. The predicted molar refractivity (Wildman–Crippen MR) is 85.1 cm³/mol. The average molecular weight is 290 g/mol. The van der Waals surface area contributed by atoms with Gasteiger partial charge in [0.25, 0.3) is 0 Å². The molecule has 0 aliphatic carbocycles. The zero-order chi connectivity index (χ0) is 14.5. The van der Waals surface area contributed by atoms with Crippen molar-refractivity contribution in [3.05, 3.63) is 39.5 Å². The number of pyridine rings is 1. The van der Waals surface area contributed by atoms with E-state index in [1.54, 1.807) is 11.3 Å². The van der Waals surface area contributed by atoms with Crippen molar-refractivity contribution in [3.63, 3.8) is 0 Å². The second-order valence-electron chi connectivity index (χ2n) is 5.00. The first-order valence-corrected chi connectivity index (χ1v) is 7.82. The first kappa shape index (κ1) is 14.9. The van der Waals surface area contributed by atoms with Gasteiger partial charge in [-0.1, -0.05) is 13.3 Å². The van der Waals surface area contributed by atoms with E-state index in [1.807, 2.05) is 12.4 Å². The minimum Gasteiger partial charge on any atom is -0.354 e. The Morgan fingerprint density at radius 3 is 2.75 bits per heavy atom. The summed E-state index contributed by atoms with van der Waals surface area (Å²) in [6, 6.07) is 4.19. The summed E-state index contributed by atoms with van der Waals surface area (Å²) in [5, 5.41) is 0. The first-order chi connectivity index (χ1) is 9.63. The van der Waals surface area contributed by atoms with Gasteiger partial charge in [-0.15, -0.1) is 11.3 Å². The molecule has 0 aliphatic rings. The van der Waals surface area contributed by atoms with Crippen molar-refractivity contribution in [2.24, 2.45) is 5.73 Å². The Kier molecular flexibility index (Phi) is 5.09. The third kappa shape index (κ3) is 3.55. The molecule has 0 amide bonds. The van der Waals surface area contributed by atoms with Gasteiger partial charge in [-0.2, -0.15) is 0 Å². The SMILES string of the molecule is CCCc1cc(CN)cc(N(C)Cc2scnc2C)n1. The van der Waals surface area contributed by atoms with Crippen LogP contribution in [0.15, 0.2) is 17.6 Å². The lowest BCUT2D eigenvalue weighted by Gasteiger charge is -2.19. The molecule has 2 N–H and O–H groups in total. The number of nitrogens with zero attached hydrogens (tertiary/aromatic N) is 3. The smallest absolute Gasteiger partial charge is 0.129 e.